The van der Waals surface area contributed by atoms with Crippen LogP contribution in [0.5, 0.6) is 5.75 Å². The van der Waals surface area contributed by atoms with Crippen molar-refractivity contribution in [3.63, 3.8) is 0 Å². The molecule has 8 heteroatoms. The number of aliphatic hydroxyl groups is 1. The maximum Gasteiger partial charge on any atom is 0.276 e. The van der Waals surface area contributed by atoms with Crippen LogP contribution in [0, 0.1) is 6.92 Å². The zero-order valence-corrected chi connectivity index (χ0v) is 12.6. The van der Waals surface area contributed by atoms with E-state index >= 15 is 0 Å². The fourth-order valence-electron chi connectivity index (χ4n) is 1.74. The third-order valence-corrected chi connectivity index (χ3v) is 4.19. The summed E-state index contributed by atoms with van der Waals surface area (Å²) in [5, 5.41) is 22.8. The summed E-state index contributed by atoms with van der Waals surface area (Å²) in [5.74, 6) is -0.158. The van der Waals surface area contributed by atoms with Gasteiger partial charge in [-0.3, -0.25) is 4.98 Å². The molecule has 0 radical (unpaired) electrons. The van der Waals surface area contributed by atoms with Crippen LogP contribution in [0.1, 0.15) is 16.8 Å². The van der Waals surface area contributed by atoms with Gasteiger partial charge in [0.1, 0.15) is 5.75 Å². The second-order valence-electron chi connectivity index (χ2n) is 4.46. The minimum Gasteiger partial charge on any atom is -0.505 e. The molecule has 2 aromatic rings. The van der Waals surface area contributed by atoms with E-state index in [0.717, 1.165) is 6.21 Å². The summed E-state index contributed by atoms with van der Waals surface area (Å²) >= 11 is 0. The highest BCUT2D eigenvalue weighted by Gasteiger charge is 2.12. The number of aliphatic hydroxyl groups excluding tert-OH is 1. The summed E-state index contributed by atoms with van der Waals surface area (Å²) in [7, 11) is -3.78. The molecule has 0 spiro atoms. The van der Waals surface area contributed by atoms with Crippen molar-refractivity contribution >= 4 is 16.2 Å². The Balaban J connectivity index is 2.26. The van der Waals surface area contributed by atoms with Crippen molar-refractivity contribution in [2.45, 2.75) is 18.4 Å². The van der Waals surface area contributed by atoms with Gasteiger partial charge >= 0.3 is 0 Å². The number of benzene rings is 1. The Morgan fingerprint density at radius 2 is 2.00 bits per heavy atom. The lowest BCUT2D eigenvalue weighted by atomic mass is 10.1. The minimum atomic E-state index is -3.78. The molecular weight excluding hydrogens is 306 g/mol. The number of rotatable bonds is 5. The number of aromatic hydroxyl groups is 1. The molecule has 0 fully saturated rings. The Kier molecular flexibility index (Phi) is 4.74. The molecule has 7 nitrogen and oxygen atoms in total. The Morgan fingerprint density at radius 1 is 1.32 bits per heavy atom. The van der Waals surface area contributed by atoms with Crippen LogP contribution in [0.3, 0.4) is 0 Å². The van der Waals surface area contributed by atoms with Crippen molar-refractivity contribution in [1.29, 1.82) is 0 Å². The lowest BCUT2D eigenvalue weighted by molar-refractivity contribution is 0.280. The predicted octanol–water partition coefficient (Wildman–Crippen LogP) is 0.900. The zero-order valence-electron chi connectivity index (χ0n) is 11.8. The van der Waals surface area contributed by atoms with Gasteiger partial charge in [-0.25, -0.2) is 4.83 Å². The molecule has 116 valence electrons. The second kappa shape index (κ2) is 6.54. The van der Waals surface area contributed by atoms with Crippen molar-refractivity contribution in [1.82, 2.24) is 9.82 Å². The molecule has 0 bridgehead atoms. The molecule has 0 atom stereocenters. The lowest BCUT2D eigenvalue weighted by Crippen LogP contribution is -2.18. The van der Waals surface area contributed by atoms with Crippen LogP contribution in [0.15, 0.2) is 46.5 Å². The number of pyridine rings is 1. The smallest absolute Gasteiger partial charge is 0.276 e. The van der Waals surface area contributed by atoms with Crippen LogP contribution in [-0.2, 0) is 16.6 Å². The number of aryl methyl sites for hydroxylation is 1. The normalized spacial score (nSPS) is 11.7. The monoisotopic (exact) mass is 321 g/mol. The highest BCUT2D eigenvalue weighted by Crippen LogP contribution is 2.21. The van der Waals surface area contributed by atoms with E-state index in [2.05, 4.69) is 14.9 Å². The number of aromatic nitrogens is 1. The van der Waals surface area contributed by atoms with Gasteiger partial charge in [-0.05, 0) is 19.1 Å². The third kappa shape index (κ3) is 3.41. The predicted molar refractivity (Wildman–Crippen MR) is 80.9 cm³/mol. The Bertz CT molecular complexity index is 789. The van der Waals surface area contributed by atoms with E-state index in [-0.39, 0.29) is 22.8 Å². The Morgan fingerprint density at radius 3 is 2.64 bits per heavy atom. The van der Waals surface area contributed by atoms with E-state index in [1.807, 2.05) is 0 Å². The van der Waals surface area contributed by atoms with Gasteiger partial charge in [0.2, 0.25) is 0 Å². The van der Waals surface area contributed by atoms with E-state index in [9.17, 15) is 18.6 Å². The molecule has 0 saturated carbocycles. The average molecular weight is 321 g/mol. The topological polar surface area (TPSA) is 112 Å². The summed E-state index contributed by atoms with van der Waals surface area (Å²) in [5.41, 5.74) is 0.904. The van der Waals surface area contributed by atoms with E-state index in [4.69, 9.17) is 0 Å². The quantitative estimate of drug-likeness (QED) is 0.559. The van der Waals surface area contributed by atoms with Crippen molar-refractivity contribution < 1.29 is 18.6 Å². The number of nitrogens with zero attached hydrogens (tertiary/aromatic N) is 2. The standard InChI is InChI=1S/C14H15N3O4S/c1-10-14(19)13(11(9-18)7-15-10)8-16-17-22(20,21)12-5-3-2-4-6-12/h2-8,17-19H,9H2,1H3/b16-8-. The van der Waals surface area contributed by atoms with E-state index in [1.165, 1.54) is 18.3 Å². The van der Waals surface area contributed by atoms with Gasteiger partial charge in [0, 0.05) is 17.3 Å². The Hall–Kier alpha value is -2.45. The highest BCUT2D eigenvalue weighted by molar-refractivity contribution is 7.89. The van der Waals surface area contributed by atoms with Gasteiger partial charge in [-0.2, -0.15) is 13.5 Å². The first-order chi connectivity index (χ1) is 10.5. The largest absolute Gasteiger partial charge is 0.505 e. The van der Waals surface area contributed by atoms with Gasteiger partial charge in [0.15, 0.2) is 0 Å². The average Bonchev–Trinajstić information content (AvgIpc) is 2.52. The van der Waals surface area contributed by atoms with Gasteiger partial charge in [0.05, 0.1) is 23.4 Å². The number of sulfonamides is 1. The first-order valence-electron chi connectivity index (χ1n) is 6.34. The van der Waals surface area contributed by atoms with Crippen molar-refractivity contribution in [2.75, 3.05) is 0 Å². The second-order valence-corrected chi connectivity index (χ2v) is 6.12. The van der Waals surface area contributed by atoms with Gasteiger partial charge in [-0.15, -0.1) is 0 Å². The molecule has 1 aromatic carbocycles. The summed E-state index contributed by atoms with van der Waals surface area (Å²) in [6.07, 6.45) is 2.53. The number of hydrogen-bond acceptors (Lipinski definition) is 6. The SMILES string of the molecule is Cc1ncc(CO)c(/C=N\NS(=O)(=O)c2ccccc2)c1O. The molecule has 0 aliphatic heterocycles. The number of hydrazone groups is 1. The maximum atomic E-state index is 12.0. The van der Waals surface area contributed by atoms with Gasteiger partial charge in [-0.1, -0.05) is 18.2 Å². The summed E-state index contributed by atoms with van der Waals surface area (Å²) in [4.78, 5) is 6.03. The molecule has 0 aliphatic carbocycles. The van der Waals surface area contributed by atoms with Crippen LogP contribution in [0.25, 0.3) is 0 Å². The van der Waals surface area contributed by atoms with Gasteiger partial charge in [0.25, 0.3) is 10.0 Å². The maximum absolute atomic E-state index is 12.0. The summed E-state index contributed by atoms with van der Waals surface area (Å²) in [6, 6.07) is 7.77. The molecular formula is C14H15N3O4S. The minimum absolute atomic E-state index is 0.0738. The zero-order chi connectivity index (χ0) is 16.2. The molecule has 1 heterocycles. The van der Waals surface area contributed by atoms with Crippen molar-refractivity contribution in [3.05, 3.63) is 53.3 Å². The first kappa shape index (κ1) is 15.9. The Labute approximate surface area is 128 Å². The molecule has 0 amide bonds. The first-order valence-corrected chi connectivity index (χ1v) is 7.82. The molecule has 2 rings (SSSR count). The molecule has 22 heavy (non-hydrogen) atoms. The number of nitrogens with one attached hydrogen (secondary N) is 1. The van der Waals surface area contributed by atoms with E-state index in [0.29, 0.717) is 11.3 Å². The van der Waals surface area contributed by atoms with Gasteiger partial charge < -0.3 is 10.2 Å². The molecule has 3 N–H and O–H groups in total. The lowest BCUT2D eigenvalue weighted by Gasteiger charge is -2.07. The third-order valence-electron chi connectivity index (χ3n) is 2.95. The van der Waals surface area contributed by atoms with Crippen LogP contribution in [-0.4, -0.2) is 29.8 Å². The molecule has 1 aromatic heterocycles. The van der Waals surface area contributed by atoms with Crippen LogP contribution < -0.4 is 4.83 Å². The number of hydrogen-bond donors (Lipinski definition) is 3. The summed E-state index contributed by atoms with van der Waals surface area (Å²) < 4.78 is 24.0. The van der Waals surface area contributed by atoms with E-state index in [1.54, 1.807) is 25.1 Å². The van der Waals surface area contributed by atoms with Crippen LogP contribution >= 0.6 is 0 Å². The summed E-state index contributed by atoms with van der Waals surface area (Å²) in [6.45, 7) is 1.23. The highest BCUT2D eigenvalue weighted by atomic mass is 32.2. The van der Waals surface area contributed by atoms with Crippen LogP contribution in [0.2, 0.25) is 0 Å². The van der Waals surface area contributed by atoms with Crippen molar-refractivity contribution in [2.24, 2.45) is 5.10 Å². The van der Waals surface area contributed by atoms with Crippen LogP contribution in [0.4, 0.5) is 0 Å². The fraction of sp³-hybridized carbons (Fsp3) is 0.143. The molecule has 0 aliphatic rings. The van der Waals surface area contributed by atoms with Crippen molar-refractivity contribution in [3.8, 4) is 5.75 Å². The van der Waals surface area contributed by atoms with E-state index < -0.39 is 10.0 Å². The fourth-order valence-corrected chi connectivity index (χ4v) is 2.55. The molecule has 0 saturated heterocycles. The molecule has 0 unspecified atom stereocenters.